The second-order valence-corrected chi connectivity index (χ2v) is 6.29. The number of hydrogen-bond acceptors (Lipinski definition) is 3. The maximum absolute atomic E-state index is 11.9. The summed E-state index contributed by atoms with van der Waals surface area (Å²) in [5.41, 5.74) is 2.78. The third-order valence-electron chi connectivity index (χ3n) is 4.08. The molecule has 1 aromatic rings. The Morgan fingerprint density at radius 3 is 2.27 bits per heavy atom. The highest BCUT2D eigenvalue weighted by Gasteiger charge is 2.19. The predicted molar refractivity (Wildman–Crippen MR) is 87.8 cm³/mol. The Morgan fingerprint density at radius 2 is 1.68 bits per heavy atom. The molecule has 1 aromatic carbocycles. The van der Waals surface area contributed by atoms with Crippen molar-refractivity contribution >= 4 is 17.5 Å². The number of likely N-dealkylation sites (tertiary alicyclic amines) is 1. The quantitative estimate of drug-likeness (QED) is 0.836. The summed E-state index contributed by atoms with van der Waals surface area (Å²) in [4.78, 5) is 26.1. The van der Waals surface area contributed by atoms with Crippen molar-refractivity contribution in [3.8, 4) is 0 Å². The Bertz CT molecular complexity index is 529. The second-order valence-electron chi connectivity index (χ2n) is 6.29. The zero-order valence-corrected chi connectivity index (χ0v) is 13.6. The van der Waals surface area contributed by atoms with Crippen molar-refractivity contribution in [3.63, 3.8) is 0 Å². The fraction of sp³-hybridized carbons (Fsp3) is 0.529. The van der Waals surface area contributed by atoms with E-state index < -0.39 is 11.8 Å². The molecule has 0 bridgehead atoms. The van der Waals surface area contributed by atoms with Crippen LogP contribution in [0.2, 0.25) is 0 Å². The average molecular weight is 303 g/mol. The monoisotopic (exact) mass is 303 g/mol. The van der Waals surface area contributed by atoms with E-state index in [9.17, 15) is 9.59 Å². The maximum Gasteiger partial charge on any atom is 0.313 e. The van der Waals surface area contributed by atoms with Crippen LogP contribution in [0.5, 0.6) is 0 Å². The van der Waals surface area contributed by atoms with Crippen molar-refractivity contribution in [1.82, 2.24) is 10.2 Å². The van der Waals surface area contributed by atoms with Crippen LogP contribution in [0.25, 0.3) is 0 Å². The number of nitrogens with one attached hydrogen (secondary N) is 2. The normalized spacial score (nSPS) is 16.3. The number of rotatable bonds is 3. The van der Waals surface area contributed by atoms with E-state index in [1.54, 1.807) is 0 Å². The smallest absolute Gasteiger partial charge is 0.313 e. The van der Waals surface area contributed by atoms with Crippen LogP contribution >= 0.6 is 0 Å². The van der Waals surface area contributed by atoms with Gasteiger partial charge >= 0.3 is 11.8 Å². The standard InChI is InChI=1S/C17H25N3O2/c1-12-8-13(2)10-15(9-12)19-17(22)16(21)18-11-14-4-6-20(3)7-5-14/h8-10,14H,4-7,11H2,1-3H3,(H,18,21)(H,19,22). The van der Waals surface area contributed by atoms with Gasteiger partial charge in [-0.05, 0) is 76.0 Å². The summed E-state index contributed by atoms with van der Waals surface area (Å²) in [6.07, 6.45) is 2.13. The molecule has 22 heavy (non-hydrogen) atoms. The third kappa shape index (κ3) is 4.84. The lowest BCUT2D eigenvalue weighted by atomic mass is 9.97. The van der Waals surface area contributed by atoms with Crippen molar-refractivity contribution in [2.75, 3.05) is 32.0 Å². The SMILES string of the molecule is Cc1cc(C)cc(NC(=O)C(=O)NCC2CCN(C)CC2)c1. The highest BCUT2D eigenvalue weighted by Crippen LogP contribution is 2.15. The number of benzene rings is 1. The average Bonchev–Trinajstić information content (AvgIpc) is 2.45. The lowest BCUT2D eigenvalue weighted by Crippen LogP contribution is -2.41. The fourth-order valence-corrected chi connectivity index (χ4v) is 2.82. The molecular formula is C17H25N3O2. The number of hydrogen-bond donors (Lipinski definition) is 2. The van der Waals surface area contributed by atoms with Gasteiger partial charge in [-0.2, -0.15) is 0 Å². The lowest BCUT2D eigenvalue weighted by Gasteiger charge is -2.28. The van der Waals surface area contributed by atoms with Crippen molar-refractivity contribution in [2.24, 2.45) is 5.92 Å². The van der Waals surface area contributed by atoms with Gasteiger partial charge in [-0.3, -0.25) is 9.59 Å². The van der Waals surface area contributed by atoms with E-state index in [0.717, 1.165) is 37.1 Å². The molecule has 0 aliphatic carbocycles. The summed E-state index contributed by atoms with van der Waals surface area (Å²) in [5.74, 6) is -0.690. The number of piperidine rings is 1. The van der Waals surface area contributed by atoms with Crippen LogP contribution in [0, 0.1) is 19.8 Å². The van der Waals surface area contributed by atoms with E-state index in [1.807, 2.05) is 32.0 Å². The third-order valence-corrected chi connectivity index (χ3v) is 4.08. The molecule has 120 valence electrons. The van der Waals surface area contributed by atoms with E-state index in [0.29, 0.717) is 18.2 Å². The van der Waals surface area contributed by atoms with E-state index in [-0.39, 0.29) is 0 Å². The number of nitrogens with zero attached hydrogens (tertiary/aromatic N) is 1. The summed E-state index contributed by atoms with van der Waals surface area (Å²) < 4.78 is 0. The Morgan fingerprint density at radius 1 is 1.09 bits per heavy atom. The van der Waals surface area contributed by atoms with Gasteiger partial charge in [0.1, 0.15) is 0 Å². The molecule has 1 heterocycles. The van der Waals surface area contributed by atoms with E-state index >= 15 is 0 Å². The molecule has 2 rings (SSSR count). The van der Waals surface area contributed by atoms with Crippen LogP contribution in [0.4, 0.5) is 5.69 Å². The van der Waals surface area contributed by atoms with Gasteiger partial charge in [0, 0.05) is 12.2 Å². The highest BCUT2D eigenvalue weighted by molar-refractivity contribution is 6.39. The minimum atomic E-state index is -0.599. The number of anilines is 1. The first kappa shape index (κ1) is 16.5. The minimum Gasteiger partial charge on any atom is -0.348 e. The summed E-state index contributed by atoms with van der Waals surface area (Å²) in [6.45, 7) is 6.60. The van der Waals surface area contributed by atoms with Crippen molar-refractivity contribution < 1.29 is 9.59 Å². The van der Waals surface area contributed by atoms with Gasteiger partial charge in [0.2, 0.25) is 0 Å². The van der Waals surface area contributed by atoms with Crippen LogP contribution in [0.3, 0.4) is 0 Å². The summed E-state index contributed by atoms with van der Waals surface area (Å²) in [6, 6.07) is 5.74. The summed E-state index contributed by atoms with van der Waals surface area (Å²) in [5, 5.41) is 5.41. The van der Waals surface area contributed by atoms with E-state index in [4.69, 9.17) is 0 Å². The van der Waals surface area contributed by atoms with Gasteiger partial charge in [0.05, 0.1) is 0 Å². The molecule has 1 aliphatic rings. The molecule has 1 fully saturated rings. The Kier molecular flexibility index (Phi) is 5.55. The van der Waals surface area contributed by atoms with Crippen LogP contribution in [0.1, 0.15) is 24.0 Å². The molecule has 0 atom stereocenters. The van der Waals surface area contributed by atoms with Gasteiger partial charge in [-0.1, -0.05) is 6.07 Å². The van der Waals surface area contributed by atoms with Gasteiger partial charge in [0.15, 0.2) is 0 Å². The van der Waals surface area contributed by atoms with Crippen molar-refractivity contribution in [3.05, 3.63) is 29.3 Å². The predicted octanol–water partition coefficient (Wildman–Crippen LogP) is 1.70. The van der Waals surface area contributed by atoms with Crippen LogP contribution in [0.15, 0.2) is 18.2 Å². The van der Waals surface area contributed by atoms with Gasteiger partial charge in [-0.25, -0.2) is 0 Å². The number of aryl methyl sites for hydroxylation is 2. The lowest BCUT2D eigenvalue weighted by molar-refractivity contribution is -0.136. The second kappa shape index (κ2) is 7.40. The van der Waals surface area contributed by atoms with E-state index in [2.05, 4.69) is 22.6 Å². The van der Waals surface area contributed by atoms with Crippen LogP contribution < -0.4 is 10.6 Å². The summed E-state index contributed by atoms with van der Waals surface area (Å²) >= 11 is 0. The molecule has 5 nitrogen and oxygen atoms in total. The molecule has 1 saturated heterocycles. The molecule has 0 spiro atoms. The highest BCUT2D eigenvalue weighted by atomic mass is 16.2. The Hall–Kier alpha value is -1.88. The van der Waals surface area contributed by atoms with Gasteiger partial charge in [0.25, 0.3) is 0 Å². The van der Waals surface area contributed by atoms with E-state index in [1.165, 1.54) is 0 Å². The van der Waals surface area contributed by atoms with Gasteiger partial charge < -0.3 is 15.5 Å². The molecule has 2 amide bonds. The Balaban J connectivity index is 1.80. The van der Waals surface area contributed by atoms with Gasteiger partial charge in [-0.15, -0.1) is 0 Å². The molecule has 0 unspecified atom stereocenters. The van der Waals surface area contributed by atoms with Crippen molar-refractivity contribution in [2.45, 2.75) is 26.7 Å². The number of carbonyl (C=O) groups is 2. The number of amides is 2. The minimum absolute atomic E-state index is 0.467. The number of carbonyl (C=O) groups excluding carboxylic acids is 2. The zero-order chi connectivity index (χ0) is 16.1. The molecule has 0 aromatic heterocycles. The molecule has 5 heteroatoms. The summed E-state index contributed by atoms with van der Waals surface area (Å²) in [7, 11) is 2.10. The molecular weight excluding hydrogens is 278 g/mol. The maximum atomic E-state index is 11.9. The first-order valence-electron chi connectivity index (χ1n) is 7.80. The molecule has 2 N–H and O–H groups in total. The topological polar surface area (TPSA) is 61.4 Å². The first-order valence-corrected chi connectivity index (χ1v) is 7.80. The first-order chi connectivity index (χ1) is 10.4. The molecule has 0 radical (unpaired) electrons. The van der Waals surface area contributed by atoms with Crippen LogP contribution in [-0.4, -0.2) is 43.4 Å². The zero-order valence-electron chi connectivity index (χ0n) is 13.6. The van der Waals surface area contributed by atoms with Crippen LogP contribution in [-0.2, 0) is 9.59 Å². The largest absolute Gasteiger partial charge is 0.348 e. The van der Waals surface area contributed by atoms with Crippen molar-refractivity contribution in [1.29, 1.82) is 0 Å². The molecule has 0 saturated carbocycles. The fourth-order valence-electron chi connectivity index (χ4n) is 2.82. The molecule has 1 aliphatic heterocycles. The Labute approximate surface area is 132 Å².